The van der Waals surface area contributed by atoms with Gasteiger partial charge in [-0.05, 0) is 51.0 Å². The van der Waals surface area contributed by atoms with Crippen LogP contribution in [-0.4, -0.2) is 51.2 Å². The van der Waals surface area contributed by atoms with Crippen LogP contribution in [0.25, 0.3) is 11.0 Å². The second-order valence-corrected chi connectivity index (χ2v) is 9.37. The van der Waals surface area contributed by atoms with Crippen molar-refractivity contribution in [2.45, 2.75) is 44.9 Å². The van der Waals surface area contributed by atoms with E-state index in [-0.39, 0.29) is 11.9 Å². The number of benzene rings is 2. The van der Waals surface area contributed by atoms with E-state index < -0.39 is 23.4 Å². The first-order chi connectivity index (χ1) is 16.2. The van der Waals surface area contributed by atoms with Crippen molar-refractivity contribution in [2.24, 2.45) is 0 Å². The van der Waals surface area contributed by atoms with Crippen LogP contribution in [-0.2, 0) is 9.53 Å². The molecule has 2 heterocycles. The number of nitrogens with one attached hydrogen (secondary N) is 2. The van der Waals surface area contributed by atoms with Gasteiger partial charge in [-0.3, -0.25) is 9.36 Å². The molecule has 0 spiro atoms. The Bertz CT molecular complexity index is 1310. The van der Waals surface area contributed by atoms with Gasteiger partial charge in [-0.2, -0.15) is 5.26 Å². The Morgan fingerprint density at radius 2 is 1.94 bits per heavy atom. The summed E-state index contributed by atoms with van der Waals surface area (Å²) in [6.45, 7) is 6.11. The van der Waals surface area contributed by atoms with Gasteiger partial charge in [-0.15, -0.1) is 0 Å². The van der Waals surface area contributed by atoms with Gasteiger partial charge in [-0.25, -0.2) is 9.59 Å². The molecule has 0 bridgehead atoms. The molecule has 2 unspecified atom stereocenters. The number of hydrogen-bond acceptors (Lipinski definition) is 5. The molecule has 1 aromatic heterocycles. The van der Waals surface area contributed by atoms with Gasteiger partial charge in [0.05, 0.1) is 28.7 Å². The van der Waals surface area contributed by atoms with Gasteiger partial charge in [0.15, 0.2) is 0 Å². The molecule has 176 valence electrons. The van der Waals surface area contributed by atoms with E-state index in [1.54, 1.807) is 56.0 Å². The highest BCUT2D eigenvalue weighted by atomic mass is 16.6. The normalized spacial score (nSPS) is 16.8. The Morgan fingerprint density at radius 3 is 2.62 bits per heavy atom. The van der Waals surface area contributed by atoms with Gasteiger partial charge in [0.25, 0.3) is 5.91 Å². The number of aromatic amines is 1. The molecule has 4 rings (SSSR count). The lowest BCUT2D eigenvalue weighted by molar-refractivity contribution is -0.132. The van der Waals surface area contributed by atoms with E-state index in [1.807, 2.05) is 18.2 Å². The van der Waals surface area contributed by atoms with Crippen molar-refractivity contribution < 1.29 is 14.3 Å². The fourth-order valence-corrected chi connectivity index (χ4v) is 4.21. The first kappa shape index (κ1) is 23.1. The maximum atomic E-state index is 13.8. The summed E-state index contributed by atoms with van der Waals surface area (Å²) in [5, 5.41) is 12.2. The number of carbonyl (C=O) groups is 2. The number of alkyl carbamates (subject to hydrolysis) is 1. The highest BCUT2D eigenvalue weighted by Crippen LogP contribution is 2.26. The Kier molecular flexibility index (Phi) is 6.16. The van der Waals surface area contributed by atoms with E-state index in [4.69, 9.17) is 4.74 Å². The summed E-state index contributed by atoms with van der Waals surface area (Å²) >= 11 is 0. The molecule has 9 nitrogen and oxygen atoms in total. The van der Waals surface area contributed by atoms with E-state index >= 15 is 0 Å². The van der Waals surface area contributed by atoms with Gasteiger partial charge >= 0.3 is 11.8 Å². The average Bonchev–Trinajstić information content (AvgIpc) is 3.37. The first-order valence-corrected chi connectivity index (χ1v) is 11.1. The lowest BCUT2D eigenvalue weighted by Crippen LogP contribution is -2.43. The number of fused-ring (bicyclic) bond motifs is 1. The fraction of sp³-hybridized carbons (Fsp3) is 0.360. The van der Waals surface area contributed by atoms with Gasteiger partial charge < -0.3 is 19.9 Å². The van der Waals surface area contributed by atoms with Crippen LogP contribution >= 0.6 is 0 Å². The van der Waals surface area contributed by atoms with Crippen LogP contribution < -0.4 is 11.0 Å². The number of nitriles is 1. The van der Waals surface area contributed by atoms with Crippen molar-refractivity contribution in [1.29, 1.82) is 5.26 Å². The number of amides is 2. The van der Waals surface area contributed by atoms with Crippen LogP contribution in [0.3, 0.4) is 0 Å². The molecule has 2 aromatic carbocycles. The Morgan fingerprint density at radius 1 is 1.21 bits per heavy atom. The van der Waals surface area contributed by atoms with Crippen LogP contribution in [0.2, 0.25) is 0 Å². The minimum Gasteiger partial charge on any atom is -0.444 e. The van der Waals surface area contributed by atoms with Crippen molar-refractivity contribution >= 4 is 23.0 Å². The Hall–Kier alpha value is -4.06. The van der Waals surface area contributed by atoms with Gasteiger partial charge in [-0.1, -0.05) is 30.3 Å². The lowest BCUT2D eigenvalue weighted by atomic mass is 10.0. The van der Waals surface area contributed by atoms with E-state index in [1.165, 1.54) is 4.57 Å². The molecule has 0 radical (unpaired) electrons. The monoisotopic (exact) mass is 461 g/mol. The molecule has 1 saturated heterocycles. The van der Waals surface area contributed by atoms with Crippen LogP contribution in [0.1, 0.15) is 44.4 Å². The maximum Gasteiger partial charge on any atom is 0.407 e. The predicted molar refractivity (Wildman–Crippen MR) is 126 cm³/mol. The lowest BCUT2D eigenvalue weighted by Gasteiger charge is -2.25. The minimum absolute atomic E-state index is 0.250. The topological polar surface area (TPSA) is 120 Å². The zero-order valence-corrected chi connectivity index (χ0v) is 19.4. The van der Waals surface area contributed by atoms with E-state index in [9.17, 15) is 19.6 Å². The molecule has 2 atom stereocenters. The van der Waals surface area contributed by atoms with Crippen molar-refractivity contribution in [3.63, 3.8) is 0 Å². The third kappa shape index (κ3) is 4.81. The third-order valence-corrected chi connectivity index (χ3v) is 5.67. The SMILES string of the molecule is CC(C)(C)OC(=O)NC1CCN(C(=O)C(c2ccccc2)n2c(=O)[nH]c3ccc(C#N)cc32)C1. The first-order valence-electron chi connectivity index (χ1n) is 11.1. The van der Waals surface area contributed by atoms with Gasteiger partial charge in [0, 0.05) is 13.1 Å². The van der Waals surface area contributed by atoms with Crippen molar-refractivity contribution in [2.75, 3.05) is 13.1 Å². The summed E-state index contributed by atoms with van der Waals surface area (Å²) in [6, 6.07) is 14.9. The molecule has 2 amide bonds. The van der Waals surface area contributed by atoms with E-state index in [0.29, 0.717) is 41.7 Å². The highest BCUT2D eigenvalue weighted by molar-refractivity contribution is 5.87. The van der Waals surface area contributed by atoms with Crippen LogP contribution in [0, 0.1) is 11.3 Å². The van der Waals surface area contributed by atoms with Crippen molar-refractivity contribution in [3.8, 4) is 6.07 Å². The molecule has 0 aliphatic carbocycles. The van der Waals surface area contributed by atoms with E-state index in [0.717, 1.165) is 0 Å². The number of H-pyrrole nitrogens is 1. The maximum absolute atomic E-state index is 13.8. The quantitative estimate of drug-likeness (QED) is 0.619. The number of nitrogens with zero attached hydrogens (tertiary/aromatic N) is 3. The summed E-state index contributed by atoms with van der Waals surface area (Å²) < 4.78 is 6.73. The smallest absolute Gasteiger partial charge is 0.407 e. The number of carbonyl (C=O) groups excluding carboxylic acids is 2. The molecule has 34 heavy (non-hydrogen) atoms. The Balaban J connectivity index is 1.65. The molecule has 1 fully saturated rings. The fourth-order valence-electron chi connectivity index (χ4n) is 4.21. The van der Waals surface area contributed by atoms with Crippen LogP contribution in [0.4, 0.5) is 4.79 Å². The number of rotatable bonds is 4. The molecular weight excluding hydrogens is 434 g/mol. The van der Waals surface area contributed by atoms with Gasteiger partial charge in [0.2, 0.25) is 0 Å². The average molecular weight is 462 g/mol. The van der Waals surface area contributed by atoms with Crippen molar-refractivity contribution in [1.82, 2.24) is 19.8 Å². The van der Waals surface area contributed by atoms with Crippen molar-refractivity contribution in [3.05, 3.63) is 70.1 Å². The standard InChI is InChI=1S/C25H27N5O4/c1-25(2,3)34-24(33)27-18-11-12-29(15-18)22(31)21(17-7-5-4-6-8-17)30-20-13-16(14-26)9-10-19(20)28-23(30)32/h4-10,13,18,21H,11-12,15H2,1-3H3,(H,27,33)(H,28,32). The van der Waals surface area contributed by atoms with E-state index in [2.05, 4.69) is 16.4 Å². The molecule has 0 saturated carbocycles. The summed E-state index contributed by atoms with van der Waals surface area (Å²) in [6.07, 6.45) is 0.0525. The number of likely N-dealkylation sites (tertiary alicyclic amines) is 1. The zero-order valence-electron chi connectivity index (χ0n) is 19.4. The summed E-state index contributed by atoms with van der Waals surface area (Å²) in [5.74, 6) is -0.259. The molecule has 2 N–H and O–H groups in total. The third-order valence-electron chi connectivity index (χ3n) is 5.67. The summed E-state index contributed by atoms with van der Waals surface area (Å²) in [4.78, 5) is 43.4. The van der Waals surface area contributed by atoms with Crippen LogP contribution in [0.15, 0.2) is 53.3 Å². The van der Waals surface area contributed by atoms with Crippen LogP contribution in [0.5, 0.6) is 0 Å². The number of ether oxygens (including phenoxy) is 1. The molecule has 9 heteroatoms. The number of hydrogen-bond donors (Lipinski definition) is 2. The second kappa shape index (κ2) is 9.06. The Labute approximate surface area is 196 Å². The summed E-state index contributed by atoms with van der Waals surface area (Å²) in [7, 11) is 0. The predicted octanol–water partition coefficient (Wildman–Crippen LogP) is 2.92. The molecule has 1 aliphatic heterocycles. The number of imidazole rings is 1. The second-order valence-electron chi connectivity index (χ2n) is 9.37. The number of aromatic nitrogens is 2. The zero-order chi connectivity index (χ0) is 24.5. The van der Waals surface area contributed by atoms with Gasteiger partial charge in [0.1, 0.15) is 11.6 Å². The molecule has 3 aromatic rings. The molecule has 1 aliphatic rings. The largest absolute Gasteiger partial charge is 0.444 e. The minimum atomic E-state index is -0.920. The highest BCUT2D eigenvalue weighted by Gasteiger charge is 2.35. The molecular formula is C25H27N5O4. The summed E-state index contributed by atoms with van der Waals surface area (Å²) in [5.41, 5.74) is 1.02.